The van der Waals surface area contributed by atoms with E-state index < -0.39 is 0 Å². The molecule has 1 amide bonds. The van der Waals surface area contributed by atoms with Crippen LogP contribution in [0.3, 0.4) is 0 Å². The number of amides is 1. The van der Waals surface area contributed by atoms with Crippen molar-refractivity contribution in [2.45, 2.75) is 26.8 Å². The number of nitrogens with one attached hydrogen (secondary N) is 1. The summed E-state index contributed by atoms with van der Waals surface area (Å²) < 4.78 is 5.43. The molecule has 4 nitrogen and oxygen atoms in total. The smallest absolute Gasteiger partial charge is 0.225 e. The molecule has 0 radical (unpaired) electrons. The first-order valence-corrected chi connectivity index (χ1v) is 8.11. The van der Waals surface area contributed by atoms with Gasteiger partial charge < -0.3 is 10.1 Å². The molecule has 1 saturated heterocycles. The number of halogens is 1. The van der Waals surface area contributed by atoms with Crippen LogP contribution in [0.5, 0.6) is 0 Å². The molecule has 0 spiro atoms. The van der Waals surface area contributed by atoms with E-state index in [1.54, 1.807) is 0 Å². The highest BCUT2D eigenvalue weighted by Gasteiger charge is 2.26. The maximum Gasteiger partial charge on any atom is 0.225 e. The Morgan fingerprint density at radius 2 is 1.86 bits per heavy atom. The van der Waals surface area contributed by atoms with Crippen LogP contribution in [0.25, 0.3) is 0 Å². The van der Waals surface area contributed by atoms with Gasteiger partial charge in [0.1, 0.15) is 0 Å². The minimum Gasteiger partial charge on any atom is -0.379 e. The van der Waals surface area contributed by atoms with Crippen molar-refractivity contribution in [3.63, 3.8) is 0 Å². The zero-order valence-electron chi connectivity index (χ0n) is 13.6. The predicted molar refractivity (Wildman–Crippen MR) is 89.0 cm³/mol. The van der Waals surface area contributed by atoms with Crippen molar-refractivity contribution in [3.05, 3.63) is 34.9 Å². The second-order valence-corrected chi connectivity index (χ2v) is 7.11. The summed E-state index contributed by atoms with van der Waals surface area (Å²) in [7, 11) is 0. The van der Waals surface area contributed by atoms with Gasteiger partial charge in [0, 0.05) is 30.1 Å². The van der Waals surface area contributed by atoms with E-state index in [-0.39, 0.29) is 17.4 Å². The molecule has 0 aromatic heterocycles. The molecule has 1 fully saturated rings. The number of nitrogens with zero attached hydrogens (tertiary/aromatic N) is 1. The normalized spacial score (nSPS) is 18.0. The van der Waals surface area contributed by atoms with Gasteiger partial charge in [-0.1, -0.05) is 44.5 Å². The highest BCUT2D eigenvalue weighted by molar-refractivity contribution is 6.30. The third-order valence-electron chi connectivity index (χ3n) is 3.88. The first kappa shape index (κ1) is 17.3. The Labute approximate surface area is 137 Å². The van der Waals surface area contributed by atoms with Crippen molar-refractivity contribution in [1.29, 1.82) is 0 Å². The highest BCUT2D eigenvalue weighted by Crippen LogP contribution is 2.23. The number of ether oxygens (including phenoxy) is 1. The lowest BCUT2D eigenvalue weighted by atomic mass is 9.95. The molecule has 1 aliphatic rings. The Kier molecular flexibility index (Phi) is 5.84. The topological polar surface area (TPSA) is 41.6 Å². The van der Waals surface area contributed by atoms with Crippen LogP contribution in [0.2, 0.25) is 5.02 Å². The van der Waals surface area contributed by atoms with Gasteiger partial charge in [-0.15, -0.1) is 0 Å². The van der Waals surface area contributed by atoms with Crippen LogP contribution in [0.1, 0.15) is 32.4 Å². The van der Waals surface area contributed by atoms with Crippen LogP contribution in [0.4, 0.5) is 0 Å². The predicted octanol–water partition coefficient (Wildman–Crippen LogP) is 2.88. The van der Waals surface area contributed by atoms with E-state index in [1.807, 2.05) is 45.0 Å². The lowest BCUT2D eigenvalue weighted by molar-refractivity contribution is -0.128. The Bertz CT molecular complexity index is 490. The van der Waals surface area contributed by atoms with E-state index in [0.717, 1.165) is 31.3 Å². The molecule has 22 heavy (non-hydrogen) atoms. The third kappa shape index (κ3) is 4.70. The van der Waals surface area contributed by atoms with Gasteiger partial charge in [-0.05, 0) is 17.7 Å². The van der Waals surface area contributed by atoms with Crippen molar-refractivity contribution in [3.8, 4) is 0 Å². The summed E-state index contributed by atoms with van der Waals surface area (Å²) in [6.07, 6.45) is 0. The minimum absolute atomic E-state index is 0.0692. The minimum atomic E-state index is -0.379. The number of carbonyl (C=O) groups is 1. The van der Waals surface area contributed by atoms with Gasteiger partial charge >= 0.3 is 0 Å². The molecule has 0 unspecified atom stereocenters. The van der Waals surface area contributed by atoms with E-state index in [2.05, 4.69) is 10.2 Å². The van der Waals surface area contributed by atoms with E-state index >= 15 is 0 Å². The molecule has 2 rings (SSSR count). The Morgan fingerprint density at radius 1 is 1.27 bits per heavy atom. The quantitative estimate of drug-likeness (QED) is 0.926. The fourth-order valence-corrected chi connectivity index (χ4v) is 2.61. The maximum absolute atomic E-state index is 12.2. The molecular weight excluding hydrogens is 300 g/mol. The Hall–Kier alpha value is -1.10. The monoisotopic (exact) mass is 324 g/mol. The summed E-state index contributed by atoms with van der Waals surface area (Å²) in [5, 5.41) is 3.80. The molecule has 1 N–H and O–H groups in total. The summed E-state index contributed by atoms with van der Waals surface area (Å²) in [4.78, 5) is 14.5. The van der Waals surface area contributed by atoms with Crippen molar-refractivity contribution >= 4 is 17.5 Å². The number of morpholine rings is 1. The molecular formula is C17H25ClN2O2. The van der Waals surface area contributed by atoms with Gasteiger partial charge in [0.15, 0.2) is 0 Å². The van der Waals surface area contributed by atoms with Gasteiger partial charge in [-0.2, -0.15) is 0 Å². The van der Waals surface area contributed by atoms with E-state index in [1.165, 1.54) is 5.56 Å². The van der Waals surface area contributed by atoms with E-state index in [0.29, 0.717) is 6.54 Å². The van der Waals surface area contributed by atoms with E-state index in [4.69, 9.17) is 16.3 Å². The molecule has 1 aromatic carbocycles. The fraction of sp³-hybridized carbons (Fsp3) is 0.588. The van der Waals surface area contributed by atoms with Gasteiger partial charge in [0.25, 0.3) is 0 Å². The molecule has 1 aromatic rings. The van der Waals surface area contributed by atoms with Crippen molar-refractivity contribution in [1.82, 2.24) is 10.2 Å². The van der Waals surface area contributed by atoms with Crippen molar-refractivity contribution in [2.24, 2.45) is 5.41 Å². The SMILES string of the molecule is CC(C)(C)C(=O)NC[C@H](c1ccc(Cl)cc1)N1CCOCC1. The molecule has 0 saturated carbocycles. The van der Waals surface area contributed by atoms with Crippen LogP contribution in [-0.2, 0) is 9.53 Å². The second-order valence-electron chi connectivity index (χ2n) is 6.68. The lowest BCUT2D eigenvalue weighted by Crippen LogP contribution is -2.45. The number of hydrogen-bond acceptors (Lipinski definition) is 3. The summed E-state index contributed by atoms with van der Waals surface area (Å²) in [6.45, 7) is 9.58. The zero-order chi connectivity index (χ0) is 16.2. The second kappa shape index (κ2) is 7.44. The number of hydrogen-bond donors (Lipinski definition) is 1. The largest absolute Gasteiger partial charge is 0.379 e. The first-order chi connectivity index (χ1) is 10.4. The lowest BCUT2D eigenvalue weighted by Gasteiger charge is -2.35. The van der Waals surface area contributed by atoms with E-state index in [9.17, 15) is 4.79 Å². The summed E-state index contributed by atoms with van der Waals surface area (Å²) in [5.74, 6) is 0.0692. The number of rotatable bonds is 4. The number of carbonyl (C=O) groups excluding carboxylic acids is 1. The molecule has 1 atom stereocenters. The van der Waals surface area contributed by atoms with Crippen LogP contribution in [0, 0.1) is 5.41 Å². The van der Waals surface area contributed by atoms with Gasteiger partial charge in [0.2, 0.25) is 5.91 Å². The summed E-state index contributed by atoms with van der Waals surface area (Å²) in [5.41, 5.74) is 0.788. The fourth-order valence-electron chi connectivity index (χ4n) is 2.49. The molecule has 1 aliphatic heterocycles. The van der Waals surface area contributed by atoms with Gasteiger partial charge in [-0.3, -0.25) is 9.69 Å². The standard InChI is InChI=1S/C17H25ClN2O2/c1-17(2,3)16(21)19-12-15(20-8-10-22-11-9-20)13-4-6-14(18)7-5-13/h4-7,15H,8-12H2,1-3H3,(H,19,21)/t15-/m1/s1. The summed E-state index contributed by atoms with van der Waals surface area (Å²) in [6, 6.07) is 8.01. The van der Waals surface area contributed by atoms with Crippen LogP contribution >= 0.6 is 11.6 Å². The van der Waals surface area contributed by atoms with Crippen molar-refractivity contribution < 1.29 is 9.53 Å². The first-order valence-electron chi connectivity index (χ1n) is 7.73. The van der Waals surface area contributed by atoms with Crippen LogP contribution in [-0.4, -0.2) is 43.7 Å². The van der Waals surface area contributed by atoms with Crippen molar-refractivity contribution in [2.75, 3.05) is 32.8 Å². The zero-order valence-corrected chi connectivity index (χ0v) is 14.3. The maximum atomic E-state index is 12.2. The Morgan fingerprint density at radius 3 is 2.41 bits per heavy atom. The molecule has 0 aliphatic carbocycles. The highest BCUT2D eigenvalue weighted by atomic mass is 35.5. The molecule has 5 heteroatoms. The van der Waals surface area contributed by atoms with Gasteiger partial charge in [0.05, 0.1) is 19.3 Å². The van der Waals surface area contributed by atoms with Crippen LogP contribution < -0.4 is 5.32 Å². The number of benzene rings is 1. The average Bonchev–Trinajstić information content (AvgIpc) is 2.49. The Balaban J connectivity index is 2.11. The van der Waals surface area contributed by atoms with Crippen LogP contribution in [0.15, 0.2) is 24.3 Å². The average molecular weight is 325 g/mol. The molecule has 0 bridgehead atoms. The third-order valence-corrected chi connectivity index (χ3v) is 4.13. The summed E-state index contributed by atoms with van der Waals surface area (Å²) >= 11 is 5.99. The molecule has 122 valence electrons. The molecule has 1 heterocycles. The van der Waals surface area contributed by atoms with Gasteiger partial charge in [-0.25, -0.2) is 0 Å².